The molecule has 120 valence electrons. The Morgan fingerprint density at radius 2 is 1.70 bits per heavy atom. The van der Waals surface area contributed by atoms with E-state index in [2.05, 4.69) is 0 Å². The van der Waals surface area contributed by atoms with Gasteiger partial charge < -0.3 is 0 Å². The number of fused-ring (bicyclic) bond motifs is 1. The molecule has 0 fully saturated rings. The van der Waals surface area contributed by atoms with Gasteiger partial charge in [0.15, 0.2) is 0 Å². The molecular formula is C17H17ClN2O2S. The third kappa shape index (κ3) is 2.44. The number of urea groups is 1. The molecule has 0 saturated heterocycles. The maximum Gasteiger partial charge on any atom is 0.340 e. The number of carbonyl (C=O) groups is 1. The van der Waals surface area contributed by atoms with Crippen LogP contribution in [0.3, 0.4) is 0 Å². The maximum absolute atomic E-state index is 12.7. The lowest BCUT2D eigenvalue weighted by Crippen LogP contribution is -2.56. The second-order valence-corrected chi connectivity index (χ2v) is 7.36. The van der Waals surface area contributed by atoms with E-state index in [0.29, 0.717) is 0 Å². The van der Waals surface area contributed by atoms with Crippen LogP contribution in [-0.4, -0.2) is 33.7 Å². The van der Waals surface area contributed by atoms with Crippen molar-refractivity contribution in [1.82, 2.24) is 4.42 Å². The van der Waals surface area contributed by atoms with Gasteiger partial charge in [0.25, 0.3) is 0 Å². The lowest BCUT2D eigenvalue weighted by atomic mass is 9.82. The minimum Gasteiger partial charge on any atom is -0.296 e. The fourth-order valence-electron chi connectivity index (χ4n) is 3.11. The first-order chi connectivity index (χ1) is 11.0. The van der Waals surface area contributed by atoms with Gasteiger partial charge in [-0.25, -0.2) is 9.21 Å². The highest BCUT2D eigenvalue weighted by Crippen LogP contribution is 2.46. The zero-order valence-corrected chi connectivity index (χ0v) is 14.5. The standard InChI is InChI=1S/C17H17ClN2O2S/c1-19-15-11-7-6-10-14(15)17(12-23(2)22,20(18)16(19)21)13-8-4-3-5-9-13/h3-11H,12H2,1-2H3. The van der Waals surface area contributed by atoms with Crippen molar-refractivity contribution in [3.8, 4) is 0 Å². The van der Waals surface area contributed by atoms with Crippen molar-refractivity contribution in [1.29, 1.82) is 0 Å². The number of amides is 2. The van der Waals surface area contributed by atoms with Crippen molar-refractivity contribution >= 4 is 34.3 Å². The molecule has 1 aliphatic rings. The Kier molecular flexibility index (Phi) is 4.17. The number of halogens is 1. The van der Waals surface area contributed by atoms with Gasteiger partial charge in [0.05, 0.1) is 11.4 Å². The first-order valence-corrected chi connectivity index (χ1v) is 9.24. The smallest absolute Gasteiger partial charge is 0.296 e. The lowest BCUT2D eigenvalue weighted by Gasteiger charge is -2.46. The molecule has 4 nitrogen and oxygen atoms in total. The van der Waals surface area contributed by atoms with Crippen molar-refractivity contribution in [2.45, 2.75) is 5.54 Å². The lowest BCUT2D eigenvalue weighted by molar-refractivity contribution is 0.203. The quantitative estimate of drug-likeness (QED) is 0.798. The Labute approximate surface area is 143 Å². The van der Waals surface area contributed by atoms with E-state index in [1.165, 1.54) is 9.32 Å². The van der Waals surface area contributed by atoms with E-state index in [1.54, 1.807) is 13.3 Å². The molecule has 1 aliphatic heterocycles. The van der Waals surface area contributed by atoms with Gasteiger partial charge >= 0.3 is 6.03 Å². The van der Waals surface area contributed by atoms with Crippen molar-refractivity contribution in [2.24, 2.45) is 0 Å². The van der Waals surface area contributed by atoms with E-state index in [9.17, 15) is 9.00 Å². The zero-order valence-electron chi connectivity index (χ0n) is 12.9. The first-order valence-electron chi connectivity index (χ1n) is 7.17. The van der Waals surface area contributed by atoms with Crippen LogP contribution in [0.15, 0.2) is 54.6 Å². The summed E-state index contributed by atoms with van der Waals surface area (Å²) in [6, 6.07) is 16.8. The maximum atomic E-state index is 12.7. The minimum absolute atomic E-state index is 0.233. The number of benzene rings is 2. The summed E-state index contributed by atoms with van der Waals surface area (Å²) in [6.07, 6.45) is 1.63. The Hall–Kier alpha value is -1.85. The van der Waals surface area contributed by atoms with Gasteiger partial charge in [0.1, 0.15) is 5.54 Å². The molecule has 2 aromatic carbocycles. The summed E-state index contributed by atoms with van der Waals surface area (Å²) in [6.45, 7) is 0. The van der Waals surface area contributed by atoms with E-state index in [0.717, 1.165) is 16.8 Å². The first kappa shape index (κ1) is 16.0. The molecule has 0 bridgehead atoms. The van der Waals surface area contributed by atoms with Crippen molar-refractivity contribution < 1.29 is 9.00 Å². The van der Waals surface area contributed by atoms with Gasteiger partial charge in [-0.05, 0) is 11.6 Å². The van der Waals surface area contributed by atoms with Crippen LogP contribution in [0, 0.1) is 0 Å². The normalized spacial score (nSPS) is 22.0. The van der Waals surface area contributed by atoms with Crippen molar-refractivity contribution in [2.75, 3.05) is 24.0 Å². The molecule has 1 heterocycles. The van der Waals surface area contributed by atoms with Gasteiger partial charge in [-0.1, -0.05) is 48.5 Å². The van der Waals surface area contributed by atoms with Crippen molar-refractivity contribution in [3.63, 3.8) is 0 Å². The third-order valence-electron chi connectivity index (χ3n) is 4.16. The van der Waals surface area contributed by atoms with E-state index < -0.39 is 16.3 Å². The molecule has 6 heteroatoms. The van der Waals surface area contributed by atoms with Gasteiger partial charge in [-0.3, -0.25) is 9.11 Å². The summed E-state index contributed by atoms with van der Waals surface area (Å²) in [5, 5.41) is 0. The van der Waals surface area contributed by atoms with Crippen LogP contribution >= 0.6 is 11.8 Å². The molecule has 0 spiro atoms. The summed E-state index contributed by atoms with van der Waals surface area (Å²) in [5.41, 5.74) is 1.55. The molecule has 2 atom stereocenters. The van der Waals surface area contributed by atoms with E-state index in [4.69, 9.17) is 11.8 Å². The SMILES string of the molecule is CN1C(=O)N(Cl)C(CS(C)=O)(c2ccccc2)c2ccccc21. The predicted octanol–water partition coefficient (Wildman–Crippen LogP) is 3.33. The Bertz CT molecular complexity index is 768. The highest BCUT2D eigenvalue weighted by Gasteiger charge is 2.50. The number of anilines is 1. The topological polar surface area (TPSA) is 40.6 Å². The van der Waals surface area contributed by atoms with Gasteiger partial charge in [0, 0.05) is 41.4 Å². The predicted molar refractivity (Wildman–Crippen MR) is 94.1 cm³/mol. The molecule has 3 rings (SSSR count). The molecule has 0 radical (unpaired) electrons. The molecule has 2 unspecified atom stereocenters. The summed E-state index contributed by atoms with van der Waals surface area (Å²) >= 11 is 6.50. The van der Waals surface area contributed by atoms with Gasteiger partial charge in [-0.15, -0.1) is 0 Å². The summed E-state index contributed by atoms with van der Waals surface area (Å²) < 4.78 is 13.3. The highest BCUT2D eigenvalue weighted by atomic mass is 35.5. The van der Waals surface area contributed by atoms with Crippen LogP contribution in [-0.2, 0) is 16.3 Å². The third-order valence-corrected chi connectivity index (χ3v) is 5.42. The largest absolute Gasteiger partial charge is 0.340 e. The Balaban J connectivity index is 2.35. The monoisotopic (exact) mass is 348 g/mol. The fraction of sp³-hybridized carbons (Fsp3) is 0.235. The van der Waals surface area contributed by atoms with Gasteiger partial charge in [-0.2, -0.15) is 0 Å². The molecule has 0 aromatic heterocycles. The number of hydrogen-bond donors (Lipinski definition) is 0. The number of carbonyl (C=O) groups excluding carboxylic acids is 1. The van der Waals surface area contributed by atoms with Crippen LogP contribution in [0.1, 0.15) is 11.1 Å². The molecule has 23 heavy (non-hydrogen) atoms. The molecule has 2 amide bonds. The molecule has 0 N–H and O–H groups in total. The second kappa shape index (κ2) is 5.98. The fourth-order valence-corrected chi connectivity index (χ4v) is 4.59. The van der Waals surface area contributed by atoms with Crippen LogP contribution in [0.5, 0.6) is 0 Å². The van der Waals surface area contributed by atoms with E-state index in [1.807, 2.05) is 54.6 Å². The Morgan fingerprint density at radius 1 is 1.09 bits per heavy atom. The summed E-state index contributed by atoms with van der Waals surface area (Å²) in [4.78, 5) is 14.2. The number of hydrogen-bond acceptors (Lipinski definition) is 2. The van der Waals surface area contributed by atoms with Gasteiger partial charge in [0.2, 0.25) is 0 Å². The zero-order chi connectivity index (χ0) is 16.6. The average molecular weight is 349 g/mol. The van der Waals surface area contributed by atoms with Crippen LogP contribution in [0.4, 0.5) is 10.5 Å². The summed E-state index contributed by atoms with van der Waals surface area (Å²) in [7, 11) is 0.535. The Morgan fingerprint density at radius 3 is 2.35 bits per heavy atom. The number of nitrogens with zero attached hydrogens (tertiary/aromatic N) is 2. The molecule has 0 aliphatic carbocycles. The molecule has 2 aromatic rings. The molecular weight excluding hydrogens is 332 g/mol. The van der Waals surface area contributed by atoms with Crippen molar-refractivity contribution in [3.05, 3.63) is 65.7 Å². The number of rotatable bonds is 3. The van der Waals surface area contributed by atoms with Crippen LogP contribution in [0.2, 0.25) is 0 Å². The van der Waals surface area contributed by atoms with E-state index >= 15 is 0 Å². The highest BCUT2D eigenvalue weighted by molar-refractivity contribution is 7.84. The van der Waals surface area contributed by atoms with E-state index in [-0.39, 0.29) is 11.8 Å². The van der Waals surface area contributed by atoms with Crippen LogP contribution < -0.4 is 4.90 Å². The average Bonchev–Trinajstić information content (AvgIpc) is 2.57. The van der Waals surface area contributed by atoms with Crippen LogP contribution in [0.25, 0.3) is 0 Å². The minimum atomic E-state index is -1.15. The molecule has 0 saturated carbocycles. The summed E-state index contributed by atoms with van der Waals surface area (Å²) in [5.74, 6) is 0.233. The second-order valence-electron chi connectivity index (χ2n) is 5.58. The number of para-hydroxylation sites is 1.